The van der Waals surface area contributed by atoms with E-state index in [1.54, 1.807) is 0 Å². The average molecular weight is 216 g/mol. The smallest absolute Gasteiger partial charge is 0.0658 e. The largest absolute Gasteiger partial charge is 0.392 e. The van der Waals surface area contributed by atoms with Crippen LogP contribution in [-0.2, 0) is 0 Å². The first-order chi connectivity index (χ1) is 6.63. The number of aliphatic hydroxyl groups excluding tert-OH is 1. The van der Waals surface area contributed by atoms with Gasteiger partial charge in [0.05, 0.1) is 6.10 Å². The fourth-order valence-electron chi connectivity index (χ4n) is 2.70. The minimum absolute atomic E-state index is 0.0647. The maximum absolute atomic E-state index is 10.0. The zero-order valence-electron chi connectivity index (χ0n) is 9.70. The van der Waals surface area contributed by atoms with Crippen LogP contribution in [0.15, 0.2) is 0 Å². The van der Waals surface area contributed by atoms with Crippen LogP contribution in [0.25, 0.3) is 0 Å². The monoisotopic (exact) mass is 216 g/mol. The van der Waals surface area contributed by atoms with E-state index in [0.717, 1.165) is 23.3 Å². The summed E-state index contributed by atoms with van der Waals surface area (Å²) in [4.78, 5) is 0. The molecule has 1 fully saturated rings. The number of rotatable bonds is 4. The summed E-state index contributed by atoms with van der Waals surface area (Å²) in [6, 6.07) is 0. The summed E-state index contributed by atoms with van der Waals surface area (Å²) in [6.45, 7) is 6.80. The van der Waals surface area contributed by atoms with Gasteiger partial charge in [-0.3, -0.25) is 0 Å². The molecular formula is C12H24OS. The topological polar surface area (TPSA) is 20.2 Å². The first-order valence-electron chi connectivity index (χ1n) is 5.89. The molecule has 1 nitrogen and oxygen atoms in total. The van der Waals surface area contributed by atoms with Crippen molar-refractivity contribution in [3.05, 3.63) is 0 Å². The number of aliphatic hydroxyl groups is 1. The van der Waals surface area contributed by atoms with E-state index >= 15 is 0 Å². The Hall–Kier alpha value is 0.310. The van der Waals surface area contributed by atoms with Crippen LogP contribution in [0.1, 0.15) is 40.0 Å². The highest BCUT2D eigenvalue weighted by Crippen LogP contribution is 2.35. The maximum Gasteiger partial charge on any atom is 0.0658 e. The molecule has 0 aromatic rings. The highest BCUT2D eigenvalue weighted by molar-refractivity contribution is 7.99. The number of thioether (sulfide) groups is 1. The average Bonchev–Trinajstić information content (AvgIpc) is 2.12. The standard InChI is InChI=1S/C12H24OS/c1-4-14-8-12(13)11-6-9(2)5-10(3)7-11/h9-13H,4-8H2,1-3H3. The molecule has 0 aromatic carbocycles. The molecule has 0 aliphatic heterocycles. The molecule has 1 aliphatic rings. The third-order valence-corrected chi connectivity index (χ3v) is 4.24. The number of hydrogen-bond donors (Lipinski definition) is 1. The van der Waals surface area contributed by atoms with Gasteiger partial charge >= 0.3 is 0 Å². The second-order valence-electron chi connectivity index (χ2n) is 4.90. The first kappa shape index (κ1) is 12.4. The van der Waals surface area contributed by atoms with Gasteiger partial charge in [0, 0.05) is 5.75 Å². The van der Waals surface area contributed by atoms with Crippen LogP contribution in [0.4, 0.5) is 0 Å². The van der Waals surface area contributed by atoms with Crippen molar-refractivity contribution in [2.45, 2.75) is 46.1 Å². The van der Waals surface area contributed by atoms with Crippen molar-refractivity contribution < 1.29 is 5.11 Å². The molecule has 0 bridgehead atoms. The summed E-state index contributed by atoms with van der Waals surface area (Å²) >= 11 is 1.86. The Labute approximate surface area is 92.7 Å². The van der Waals surface area contributed by atoms with E-state index in [1.807, 2.05) is 11.8 Å². The van der Waals surface area contributed by atoms with Gasteiger partial charge in [-0.15, -0.1) is 0 Å². The van der Waals surface area contributed by atoms with Gasteiger partial charge in [-0.05, 0) is 42.8 Å². The Morgan fingerprint density at radius 2 is 1.79 bits per heavy atom. The molecule has 0 amide bonds. The van der Waals surface area contributed by atoms with E-state index < -0.39 is 0 Å². The molecule has 1 saturated carbocycles. The van der Waals surface area contributed by atoms with Crippen molar-refractivity contribution in [3.8, 4) is 0 Å². The van der Waals surface area contributed by atoms with Gasteiger partial charge in [-0.1, -0.05) is 20.8 Å². The van der Waals surface area contributed by atoms with Crippen LogP contribution in [-0.4, -0.2) is 22.7 Å². The lowest BCUT2D eigenvalue weighted by molar-refractivity contribution is 0.0723. The predicted molar refractivity (Wildman–Crippen MR) is 64.7 cm³/mol. The molecule has 0 spiro atoms. The Morgan fingerprint density at radius 1 is 1.21 bits per heavy atom. The third-order valence-electron chi connectivity index (χ3n) is 3.25. The highest BCUT2D eigenvalue weighted by atomic mass is 32.2. The first-order valence-corrected chi connectivity index (χ1v) is 7.04. The van der Waals surface area contributed by atoms with Crippen LogP contribution in [0.2, 0.25) is 0 Å². The fraction of sp³-hybridized carbons (Fsp3) is 1.00. The van der Waals surface area contributed by atoms with Crippen molar-refractivity contribution >= 4 is 11.8 Å². The molecule has 14 heavy (non-hydrogen) atoms. The quantitative estimate of drug-likeness (QED) is 0.779. The van der Waals surface area contributed by atoms with Gasteiger partial charge in [0.25, 0.3) is 0 Å². The second kappa shape index (κ2) is 6.02. The van der Waals surface area contributed by atoms with Gasteiger partial charge in [0.15, 0.2) is 0 Å². The van der Waals surface area contributed by atoms with E-state index in [2.05, 4.69) is 20.8 Å². The molecule has 84 valence electrons. The second-order valence-corrected chi connectivity index (χ2v) is 6.22. The summed E-state index contributed by atoms with van der Waals surface area (Å²) in [7, 11) is 0. The molecule has 0 heterocycles. The van der Waals surface area contributed by atoms with E-state index in [0.29, 0.717) is 5.92 Å². The maximum atomic E-state index is 10.0. The molecular weight excluding hydrogens is 192 g/mol. The molecule has 3 unspecified atom stereocenters. The lowest BCUT2D eigenvalue weighted by Gasteiger charge is -2.34. The molecule has 1 aliphatic carbocycles. The zero-order chi connectivity index (χ0) is 10.6. The Morgan fingerprint density at radius 3 is 2.29 bits per heavy atom. The van der Waals surface area contributed by atoms with Gasteiger partial charge in [-0.2, -0.15) is 11.8 Å². The Bertz CT molecular complexity index is 150. The minimum Gasteiger partial charge on any atom is -0.392 e. The summed E-state index contributed by atoms with van der Waals surface area (Å²) in [5, 5.41) is 10.0. The third kappa shape index (κ3) is 3.82. The van der Waals surface area contributed by atoms with Crippen molar-refractivity contribution in [2.75, 3.05) is 11.5 Å². The summed E-state index contributed by atoms with van der Waals surface area (Å²) < 4.78 is 0. The van der Waals surface area contributed by atoms with Crippen LogP contribution in [0, 0.1) is 17.8 Å². The molecule has 3 atom stereocenters. The normalized spacial score (nSPS) is 35.6. The van der Waals surface area contributed by atoms with E-state index in [4.69, 9.17) is 0 Å². The van der Waals surface area contributed by atoms with Gasteiger partial charge in [-0.25, -0.2) is 0 Å². The SMILES string of the molecule is CCSCC(O)C1CC(C)CC(C)C1. The molecule has 2 heteroatoms. The minimum atomic E-state index is -0.0647. The summed E-state index contributed by atoms with van der Waals surface area (Å²) in [5.41, 5.74) is 0. The van der Waals surface area contributed by atoms with Crippen molar-refractivity contribution in [3.63, 3.8) is 0 Å². The molecule has 0 aromatic heterocycles. The van der Waals surface area contributed by atoms with Crippen LogP contribution < -0.4 is 0 Å². The van der Waals surface area contributed by atoms with Gasteiger partial charge in [0.1, 0.15) is 0 Å². The fourth-order valence-corrected chi connectivity index (χ4v) is 3.45. The van der Waals surface area contributed by atoms with E-state index in [9.17, 15) is 5.11 Å². The lowest BCUT2D eigenvalue weighted by Crippen LogP contribution is -2.30. The summed E-state index contributed by atoms with van der Waals surface area (Å²) in [5.74, 6) is 4.23. The van der Waals surface area contributed by atoms with Crippen LogP contribution in [0.3, 0.4) is 0 Å². The Kier molecular flexibility index (Phi) is 5.32. The van der Waals surface area contributed by atoms with E-state index in [-0.39, 0.29) is 6.10 Å². The molecule has 0 radical (unpaired) electrons. The van der Waals surface area contributed by atoms with Crippen LogP contribution in [0.5, 0.6) is 0 Å². The van der Waals surface area contributed by atoms with E-state index in [1.165, 1.54) is 19.3 Å². The summed E-state index contributed by atoms with van der Waals surface area (Å²) in [6.07, 6.45) is 3.75. The van der Waals surface area contributed by atoms with Crippen molar-refractivity contribution in [2.24, 2.45) is 17.8 Å². The molecule has 0 saturated heterocycles. The van der Waals surface area contributed by atoms with Gasteiger partial charge in [0.2, 0.25) is 0 Å². The van der Waals surface area contributed by atoms with Gasteiger partial charge < -0.3 is 5.11 Å². The van der Waals surface area contributed by atoms with Crippen molar-refractivity contribution in [1.82, 2.24) is 0 Å². The van der Waals surface area contributed by atoms with Crippen molar-refractivity contribution in [1.29, 1.82) is 0 Å². The highest BCUT2D eigenvalue weighted by Gasteiger charge is 2.28. The predicted octanol–water partition coefficient (Wildman–Crippen LogP) is 3.17. The molecule has 1 rings (SSSR count). The van der Waals surface area contributed by atoms with Crippen LogP contribution >= 0.6 is 11.8 Å². The molecule has 1 N–H and O–H groups in total. The number of hydrogen-bond acceptors (Lipinski definition) is 2. The Balaban J connectivity index is 2.34. The zero-order valence-corrected chi connectivity index (χ0v) is 10.5. The lowest BCUT2D eigenvalue weighted by atomic mass is 9.75.